The lowest BCUT2D eigenvalue weighted by Crippen LogP contribution is -2.65. The van der Waals surface area contributed by atoms with Gasteiger partial charge in [-0.3, -0.25) is 9.59 Å². The van der Waals surface area contributed by atoms with Crippen molar-refractivity contribution >= 4 is 21.7 Å². The molecule has 0 spiro atoms. The maximum absolute atomic E-state index is 13.6. The molecule has 170 valence electrons. The van der Waals surface area contributed by atoms with E-state index in [0.717, 1.165) is 18.4 Å². The molecule has 2 aliphatic rings. The van der Waals surface area contributed by atoms with Crippen LogP contribution in [0.2, 0.25) is 0 Å². The molecule has 2 unspecified atom stereocenters. The molecule has 0 bridgehead atoms. The predicted octanol–water partition coefficient (Wildman–Crippen LogP) is 2.75. The smallest absolute Gasteiger partial charge is 0.246 e. The van der Waals surface area contributed by atoms with Crippen LogP contribution in [-0.2, 0) is 38.8 Å². The van der Waals surface area contributed by atoms with Gasteiger partial charge < -0.3 is 10.2 Å². The summed E-state index contributed by atoms with van der Waals surface area (Å²) in [5, 5.41) is 3.03. The zero-order valence-electron chi connectivity index (χ0n) is 18.7. The lowest BCUT2D eigenvalue weighted by atomic mass is 9.90. The third-order valence-corrected chi connectivity index (χ3v) is 7.61. The van der Waals surface area contributed by atoms with Crippen molar-refractivity contribution in [2.45, 2.75) is 56.6 Å². The fraction of sp³-hybridized carbons (Fsp3) is 0.440. The summed E-state index contributed by atoms with van der Waals surface area (Å²) >= 11 is 0. The summed E-state index contributed by atoms with van der Waals surface area (Å²) in [7, 11) is -3.29. The quantitative estimate of drug-likeness (QED) is 0.728. The second-order valence-electron chi connectivity index (χ2n) is 9.45. The maximum atomic E-state index is 13.6. The molecular formula is C25H30N2O4S. The third kappa shape index (κ3) is 4.58. The van der Waals surface area contributed by atoms with Crippen LogP contribution in [0.1, 0.15) is 37.0 Å². The van der Waals surface area contributed by atoms with Crippen LogP contribution in [0.3, 0.4) is 0 Å². The van der Waals surface area contributed by atoms with Crippen LogP contribution in [0, 0.1) is 11.8 Å². The summed E-state index contributed by atoms with van der Waals surface area (Å²) < 4.78 is 23.5. The second-order valence-corrected chi connectivity index (χ2v) is 11.5. The van der Waals surface area contributed by atoms with E-state index in [0.29, 0.717) is 6.42 Å². The Kier molecular flexibility index (Phi) is 6.12. The van der Waals surface area contributed by atoms with E-state index >= 15 is 0 Å². The average Bonchev–Trinajstić information content (AvgIpc) is 3.16. The van der Waals surface area contributed by atoms with Crippen LogP contribution in [0.25, 0.3) is 0 Å². The van der Waals surface area contributed by atoms with Crippen molar-refractivity contribution in [1.29, 1.82) is 0 Å². The molecule has 2 aromatic rings. The number of nitrogens with zero attached hydrogens (tertiary/aromatic N) is 1. The summed E-state index contributed by atoms with van der Waals surface area (Å²) in [6, 6.07) is 13.7. The molecule has 0 saturated carbocycles. The van der Waals surface area contributed by atoms with Gasteiger partial charge in [0.2, 0.25) is 11.8 Å². The van der Waals surface area contributed by atoms with Crippen molar-refractivity contribution in [3.63, 3.8) is 0 Å². The van der Waals surface area contributed by atoms with Crippen molar-refractivity contribution in [2.24, 2.45) is 11.8 Å². The van der Waals surface area contributed by atoms with Crippen molar-refractivity contribution in [1.82, 2.24) is 10.2 Å². The van der Waals surface area contributed by atoms with E-state index in [1.807, 2.05) is 26.0 Å². The minimum atomic E-state index is -3.29. The Hall–Kier alpha value is -2.67. The van der Waals surface area contributed by atoms with Gasteiger partial charge in [-0.15, -0.1) is 0 Å². The van der Waals surface area contributed by atoms with Gasteiger partial charge in [0.05, 0.1) is 4.90 Å². The Labute approximate surface area is 189 Å². The normalized spacial score (nSPS) is 21.7. The van der Waals surface area contributed by atoms with E-state index in [1.54, 1.807) is 29.2 Å². The predicted molar refractivity (Wildman–Crippen MR) is 123 cm³/mol. The van der Waals surface area contributed by atoms with Crippen LogP contribution >= 0.6 is 0 Å². The minimum absolute atomic E-state index is 0.0407. The van der Waals surface area contributed by atoms with Gasteiger partial charge >= 0.3 is 0 Å². The number of rotatable bonds is 6. The van der Waals surface area contributed by atoms with E-state index in [4.69, 9.17) is 0 Å². The highest BCUT2D eigenvalue weighted by atomic mass is 32.2. The first kappa shape index (κ1) is 22.5. The van der Waals surface area contributed by atoms with Crippen LogP contribution in [-0.4, -0.2) is 43.5 Å². The molecule has 2 aromatic carbocycles. The SMILES string of the molecule is CC(C)CC1C(=O)NC(C2Cc3ccccc3C2)C(=O)N1Cc1ccc(S(C)(=O)=O)cc1. The molecule has 1 fully saturated rings. The number of amides is 2. The van der Waals surface area contributed by atoms with Crippen LogP contribution in [0.5, 0.6) is 0 Å². The molecular weight excluding hydrogens is 424 g/mol. The summed E-state index contributed by atoms with van der Waals surface area (Å²) in [6.07, 6.45) is 3.30. The Morgan fingerprint density at radius 1 is 1.00 bits per heavy atom. The maximum Gasteiger partial charge on any atom is 0.246 e. The van der Waals surface area contributed by atoms with Crippen molar-refractivity contribution in [3.8, 4) is 0 Å². The van der Waals surface area contributed by atoms with Gasteiger partial charge in [0.25, 0.3) is 0 Å². The minimum Gasteiger partial charge on any atom is -0.342 e. The Morgan fingerprint density at radius 3 is 2.12 bits per heavy atom. The highest BCUT2D eigenvalue weighted by Crippen LogP contribution is 2.32. The number of carbonyl (C=O) groups excluding carboxylic acids is 2. The zero-order valence-corrected chi connectivity index (χ0v) is 19.6. The molecule has 1 saturated heterocycles. The first-order valence-corrected chi connectivity index (χ1v) is 13.0. The average molecular weight is 455 g/mol. The molecule has 4 rings (SSSR count). The number of nitrogens with one attached hydrogen (secondary N) is 1. The van der Waals surface area contributed by atoms with Crippen molar-refractivity contribution < 1.29 is 18.0 Å². The third-order valence-electron chi connectivity index (χ3n) is 6.48. The van der Waals surface area contributed by atoms with Gasteiger partial charge in [-0.25, -0.2) is 8.42 Å². The number of piperazine rings is 1. The van der Waals surface area contributed by atoms with Gasteiger partial charge in [-0.05, 0) is 59.9 Å². The summed E-state index contributed by atoms with van der Waals surface area (Å²) in [4.78, 5) is 28.7. The summed E-state index contributed by atoms with van der Waals surface area (Å²) in [5.74, 6) is 0.132. The Bertz CT molecular complexity index is 1100. The first-order valence-electron chi connectivity index (χ1n) is 11.1. The van der Waals surface area contributed by atoms with Gasteiger partial charge in [0.1, 0.15) is 12.1 Å². The fourth-order valence-corrected chi connectivity index (χ4v) is 5.47. The van der Waals surface area contributed by atoms with Crippen LogP contribution in [0.4, 0.5) is 0 Å². The van der Waals surface area contributed by atoms with E-state index in [-0.39, 0.29) is 35.1 Å². The second kappa shape index (κ2) is 8.70. The van der Waals surface area contributed by atoms with Gasteiger partial charge in [0, 0.05) is 12.8 Å². The summed E-state index contributed by atoms with van der Waals surface area (Å²) in [5.41, 5.74) is 3.29. The number of carbonyl (C=O) groups is 2. The molecule has 2 atom stereocenters. The monoisotopic (exact) mass is 454 g/mol. The zero-order chi connectivity index (χ0) is 23.0. The molecule has 1 aliphatic carbocycles. The number of hydrogen-bond donors (Lipinski definition) is 1. The lowest BCUT2D eigenvalue weighted by Gasteiger charge is -2.41. The van der Waals surface area contributed by atoms with Crippen molar-refractivity contribution in [2.75, 3.05) is 6.26 Å². The van der Waals surface area contributed by atoms with Gasteiger partial charge in [-0.1, -0.05) is 50.2 Å². The number of fused-ring (bicyclic) bond motifs is 1. The number of hydrogen-bond acceptors (Lipinski definition) is 4. The Morgan fingerprint density at radius 2 is 1.59 bits per heavy atom. The topological polar surface area (TPSA) is 83.6 Å². The first-order chi connectivity index (χ1) is 15.1. The van der Waals surface area contributed by atoms with E-state index in [2.05, 4.69) is 17.4 Å². The molecule has 32 heavy (non-hydrogen) atoms. The molecule has 0 radical (unpaired) electrons. The molecule has 6 nitrogen and oxygen atoms in total. The fourth-order valence-electron chi connectivity index (χ4n) is 4.84. The molecule has 7 heteroatoms. The van der Waals surface area contributed by atoms with Gasteiger partial charge in [0.15, 0.2) is 9.84 Å². The Balaban J connectivity index is 1.59. The van der Waals surface area contributed by atoms with E-state index < -0.39 is 21.9 Å². The van der Waals surface area contributed by atoms with E-state index in [1.165, 1.54) is 17.4 Å². The van der Waals surface area contributed by atoms with Crippen LogP contribution in [0.15, 0.2) is 53.4 Å². The van der Waals surface area contributed by atoms with E-state index in [9.17, 15) is 18.0 Å². The number of sulfone groups is 1. The largest absolute Gasteiger partial charge is 0.342 e. The highest BCUT2D eigenvalue weighted by Gasteiger charge is 2.45. The summed E-state index contributed by atoms with van der Waals surface area (Å²) in [6.45, 7) is 4.36. The van der Waals surface area contributed by atoms with Crippen molar-refractivity contribution in [3.05, 3.63) is 65.2 Å². The molecule has 2 amide bonds. The van der Waals surface area contributed by atoms with Crippen LogP contribution < -0.4 is 5.32 Å². The lowest BCUT2D eigenvalue weighted by molar-refractivity contribution is -0.152. The van der Waals surface area contributed by atoms with Gasteiger partial charge in [-0.2, -0.15) is 0 Å². The standard InChI is InChI=1S/C25H30N2O4S/c1-16(2)12-22-24(28)26-23(20-13-18-6-4-5-7-19(18)14-20)25(29)27(22)15-17-8-10-21(11-9-17)32(3,30)31/h4-11,16,20,22-23H,12-15H2,1-3H3,(H,26,28). The number of benzene rings is 2. The molecule has 0 aromatic heterocycles. The molecule has 1 aliphatic heterocycles. The highest BCUT2D eigenvalue weighted by molar-refractivity contribution is 7.90. The molecule has 1 heterocycles. The molecule has 1 N–H and O–H groups in total.